The number of carbonyl (C=O) groups excluding carboxylic acids is 2. The van der Waals surface area contributed by atoms with Crippen LogP contribution in [0.25, 0.3) is 10.6 Å². The molecule has 7 heteroatoms. The first kappa shape index (κ1) is 34.3. The van der Waals surface area contributed by atoms with Crippen molar-refractivity contribution < 1.29 is 30.7 Å². The third-order valence-corrected chi connectivity index (χ3v) is 7.59. The summed E-state index contributed by atoms with van der Waals surface area (Å²) in [4.78, 5) is 33.2. The molecule has 0 aliphatic carbocycles. The number of hydrogen-bond donors (Lipinski definition) is 0. The molecule has 0 aromatic heterocycles. The van der Waals surface area contributed by atoms with Crippen LogP contribution in [-0.4, -0.2) is 23.2 Å². The molecule has 0 spiro atoms. The van der Waals surface area contributed by atoms with E-state index in [1.807, 2.05) is 158 Å². The van der Waals surface area contributed by atoms with Crippen LogP contribution in [-0.2, 0) is 30.7 Å². The van der Waals surface area contributed by atoms with E-state index in [4.69, 9.17) is 0 Å². The van der Waals surface area contributed by atoms with Crippen LogP contribution in [0.1, 0.15) is 33.4 Å². The van der Waals surface area contributed by atoms with Gasteiger partial charge in [0, 0.05) is 22.3 Å². The molecule has 0 unspecified atom stereocenters. The molecule has 2 heterocycles. The van der Waals surface area contributed by atoms with Crippen molar-refractivity contribution in [3.8, 4) is 23.7 Å². The van der Waals surface area contributed by atoms with Gasteiger partial charge in [-0.15, -0.1) is 11.4 Å². The van der Waals surface area contributed by atoms with Gasteiger partial charge in [0.1, 0.15) is 11.8 Å². The van der Waals surface area contributed by atoms with Gasteiger partial charge in [-0.3, -0.25) is 0 Å². The predicted molar refractivity (Wildman–Crippen MR) is 199 cm³/mol. The molecular weight excluding hydrogens is 800 g/mol. The van der Waals surface area contributed by atoms with E-state index in [0.717, 1.165) is 33.4 Å². The van der Waals surface area contributed by atoms with Crippen molar-refractivity contribution in [2.75, 3.05) is 0 Å². The molecule has 6 aromatic rings. The van der Waals surface area contributed by atoms with Gasteiger partial charge in [-0.25, -0.2) is 9.98 Å². The molecule has 0 fully saturated rings. The summed E-state index contributed by atoms with van der Waals surface area (Å²) in [5.74, 6) is 11.9. The van der Waals surface area contributed by atoms with Gasteiger partial charge in [-0.05, 0) is 71.8 Å². The summed E-state index contributed by atoms with van der Waals surface area (Å²) in [5.41, 5.74) is 8.63. The van der Waals surface area contributed by atoms with Gasteiger partial charge in [0.05, 0.1) is 22.8 Å². The van der Waals surface area contributed by atoms with Crippen LogP contribution in [0, 0.1) is 23.7 Å². The molecule has 2 aliphatic heterocycles. The number of hydrogen-bond acceptors (Lipinski definition) is 4. The molecule has 51 heavy (non-hydrogen) atoms. The Morgan fingerprint density at radius 3 is 1.18 bits per heavy atom. The Balaban J connectivity index is 0.000000172. The van der Waals surface area contributed by atoms with Crippen molar-refractivity contribution in [2.24, 2.45) is 9.98 Å². The number of nitrogens with zero attached hydrogens (tertiary/aromatic N) is 4. The van der Waals surface area contributed by atoms with E-state index in [0.29, 0.717) is 34.2 Å². The van der Waals surface area contributed by atoms with Crippen LogP contribution in [0.15, 0.2) is 168 Å². The summed E-state index contributed by atoms with van der Waals surface area (Å²) in [6, 6.07) is 49.5. The fraction of sp³-hybridized carbons (Fsp3) is 0. The molecule has 6 aromatic carbocycles. The Morgan fingerprint density at radius 1 is 0.392 bits per heavy atom. The first-order valence-electron chi connectivity index (χ1n) is 15.8. The molecule has 0 N–H and O–H groups in total. The minimum atomic E-state index is -0.304. The van der Waals surface area contributed by atoms with Gasteiger partial charge in [-0.2, -0.15) is 0 Å². The summed E-state index contributed by atoms with van der Waals surface area (Å²) in [6.45, 7) is 0. The third kappa shape index (κ3) is 8.53. The fourth-order valence-electron chi connectivity index (χ4n) is 5.21. The molecule has 240 valence electrons. The maximum Gasteiger partial charge on any atom is 2.00 e. The van der Waals surface area contributed by atoms with Gasteiger partial charge >= 0.3 is 21.1 Å². The van der Waals surface area contributed by atoms with E-state index < -0.39 is 0 Å². The number of para-hydroxylation sites is 2. The molecule has 0 bridgehead atoms. The predicted octanol–water partition coefficient (Wildman–Crippen LogP) is 9.50. The quantitative estimate of drug-likeness (QED) is 0.163. The van der Waals surface area contributed by atoms with Gasteiger partial charge in [-0.1, -0.05) is 121 Å². The van der Waals surface area contributed by atoms with Gasteiger partial charge in [0.25, 0.3) is 0 Å². The number of amides is 2. The SMILES string of the molecule is O=C1[N-]c2ccccc2C1=Nc1cccc(C#Cc2ccccc2)c1.O=C1[N-]c2ccccc2C1=Nc1cccc(C#Cc2ccccc2)c1.[W+2]. The van der Waals surface area contributed by atoms with Gasteiger partial charge in [0.15, 0.2) is 0 Å². The van der Waals surface area contributed by atoms with Crippen LogP contribution in [0.3, 0.4) is 0 Å². The van der Waals surface area contributed by atoms with Gasteiger partial charge < -0.3 is 20.2 Å². The largest absolute Gasteiger partial charge is 2.00 e. The average molecular weight is 827 g/mol. The molecule has 0 saturated carbocycles. The summed E-state index contributed by atoms with van der Waals surface area (Å²) in [6.07, 6.45) is 0. The smallest absolute Gasteiger partial charge is 0.621 e. The summed E-state index contributed by atoms with van der Waals surface area (Å²) < 4.78 is 0. The standard InChI is InChI=1S/2C22H14N2O.W/c2*25-22-21(19-11-4-5-12-20(19)24-22)23-18-10-6-9-17(15-18)14-13-16-7-2-1-3-8-16;/h2*1-12,15H,(H,23,24,25);/q;;+2/p-2. The molecule has 0 radical (unpaired) electrons. The average Bonchev–Trinajstić information content (AvgIpc) is 3.65. The molecule has 2 amide bonds. The van der Waals surface area contributed by atoms with Crippen molar-refractivity contribution in [3.63, 3.8) is 0 Å². The second kappa shape index (κ2) is 16.2. The van der Waals surface area contributed by atoms with Crippen molar-refractivity contribution in [3.05, 3.63) is 202 Å². The van der Waals surface area contributed by atoms with Crippen LogP contribution in [0.4, 0.5) is 22.7 Å². The first-order chi connectivity index (χ1) is 24.6. The monoisotopic (exact) mass is 826 g/mol. The second-order valence-corrected chi connectivity index (χ2v) is 11.1. The van der Waals surface area contributed by atoms with E-state index in [9.17, 15) is 9.59 Å². The number of aliphatic imine (C=N–C) groups is 2. The molecule has 0 saturated heterocycles. The Kier molecular flexibility index (Phi) is 10.9. The fourth-order valence-corrected chi connectivity index (χ4v) is 5.21. The van der Waals surface area contributed by atoms with Crippen LogP contribution in [0.2, 0.25) is 0 Å². The van der Waals surface area contributed by atoms with E-state index in [-0.39, 0.29) is 32.9 Å². The second-order valence-electron chi connectivity index (χ2n) is 11.1. The topological polar surface area (TPSA) is 87.1 Å². The Hall–Kier alpha value is -6.59. The summed E-state index contributed by atoms with van der Waals surface area (Å²) in [5, 5.41) is 8.06. The summed E-state index contributed by atoms with van der Waals surface area (Å²) >= 11 is 0. The van der Waals surface area contributed by atoms with Gasteiger partial charge in [0.2, 0.25) is 0 Å². The van der Waals surface area contributed by atoms with E-state index >= 15 is 0 Å². The maximum absolute atomic E-state index is 12.1. The van der Waals surface area contributed by atoms with Crippen molar-refractivity contribution in [1.82, 2.24) is 0 Å². The van der Waals surface area contributed by atoms with E-state index in [1.165, 1.54) is 0 Å². The zero-order chi connectivity index (χ0) is 34.1. The first-order valence-corrected chi connectivity index (χ1v) is 15.8. The maximum atomic E-state index is 12.1. The molecule has 0 atom stereocenters. The van der Waals surface area contributed by atoms with Crippen molar-refractivity contribution in [1.29, 1.82) is 0 Å². The van der Waals surface area contributed by atoms with E-state index in [2.05, 4.69) is 44.3 Å². The number of carbonyl (C=O) groups is 2. The zero-order valence-electron chi connectivity index (χ0n) is 27.0. The molecule has 6 nitrogen and oxygen atoms in total. The number of benzene rings is 6. The van der Waals surface area contributed by atoms with Crippen LogP contribution < -0.4 is 0 Å². The Bertz CT molecular complexity index is 2260. The third-order valence-electron chi connectivity index (χ3n) is 7.59. The molecular formula is C44H26N4O2W. The van der Waals surface area contributed by atoms with Crippen molar-refractivity contribution in [2.45, 2.75) is 0 Å². The normalized spacial score (nSPS) is 13.5. The minimum Gasteiger partial charge on any atom is -0.621 e. The zero-order valence-corrected chi connectivity index (χ0v) is 30.0. The number of fused-ring (bicyclic) bond motifs is 2. The Morgan fingerprint density at radius 2 is 0.745 bits per heavy atom. The van der Waals surface area contributed by atoms with E-state index in [1.54, 1.807) is 0 Å². The Labute approximate surface area is 310 Å². The van der Waals surface area contributed by atoms with Crippen molar-refractivity contribution >= 4 is 46.0 Å². The summed E-state index contributed by atoms with van der Waals surface area (Å²) in [7, 11) is 0. The molecule has 2 aliphatic rings. The molecule has 8 rings (SSSR count). The number of rotatable bonds is 2. The minimum absolute atomic E-state index is 0. The van der Waals surface area contributed by atoms with Crippen LogP contribution >= 0.6 is 0 Å². The van der Waals surface area contributed by atoms with Crippen LogP contribution in [0.5, 0.6) is 0 Å².